The van der Waals surface area contributed by atoms with Gasteiger partial charge in [0.1, 0.15) is 18.1 Å². The second-order valence-corrected chi connectivity index (χ2v) is 6.73. The minimum atomic E-state index is -0.431. The molecule has 0 heterocycles. The van der Waals surface area contributed by atoms with Crippen molar-refractivity contribution in [1.29, 1.82) is 5.26 Å². The molecule has 33 heavy (non-hydrogen) atoms. The van der Waals surface area contributed by atoms with Crippen LogP contribution in [-0.2, 0) is 16.1 Å². The van der Waals surface area contributed by atoms with Crippen molar-refractivity contribution < 1.29 is 23.8 Å². The number of nitrogens with one attached hydrogen (secondary N) is 1. The molecule has 0 atom stereocenters. The highest BCUT2D eigenvalue weighted by Gasteiger charge is 2.06. The van der Waals surface area contributed by atoms with Crippen LogP contribution < -0.4 is 14.9 Å². The number of rotatable bonds is 9. The number of ether oxygens (including phenoxy) is 3. The highest BCUT2D eigenvalue weighted by Crippen LogP contribution is 2.18. The second-order valence-electron chi connectivity index (χ2n) is 6.73. The van der Waals surface area contributed by atoms with E-state index in [4.69, 9.17) is 14.7 Å². The van der Waals surface area contributed by atoms with Crippen LogP contribution in [0, 0.1) is 11.3 Å². The highest BCUT2D eigenvalue weighted by atomic mass is 16.5. The predicted octanol–water partition coefficient (Wildman–Crippen LogP) is 3.45. The number of hydrogen-bond donors (Lipinski definition) is 1. The Hall–Kier alpha value is -4.64. The van der Waals surface area contributed by atoms with E-state index < -0.39 is 11.9 Å². The van der Waals surface area contributed by atoms with Crippen molar-refractivity contribution in [2.24, 2.45) is 5.10 Å². The van der Waals surface area contributed by atoms with Crippen molar-refractivity contribution in [3.8, 4) is 17.6 Å². The number of para-hydroxylation sites is 1. The molecule has 0 aliphatic rings. The SMILES string of the molecule is COC(=O)c1ccc(COc2ccccc2/C=N/NC(=O)COc2ccc(C#N)cc2)cc1. The quantitative estimate of drug-likeness (QED) is 0.308. The first-order chi connectivity index (χ1) is 16.1. The molecule has 0 aromatic heterocycles. The predicted molar refractivity (Wildman–Crippen MR) is 121 cm³/mol. The van der Waals surface area contributed by atoms with Gasteiger partial charge in [0.05, 0.1) is 30.5 Å². The Bertz CT molecular complexity index is 1170. The molecule has 3 rings (SSSR count). The monoisotopic (exact) mass is 443 g/mol. The molecule has 0 fully saturated rings. The van der Waals surface area contributed by atoms with E-state index in [0.29, 0.717) is 28.2 Å². The fraction of sp³-hybridized carbons (Fsp3) is 0.120. The van der Waals surface area contributed by atoms with Crippen molar-refractivity contribution in [3.05, 3.63) is 95.1 Å². The maximum Gasteiger partial charge on any atom is 0.337 e. The van der Waals surface area contributed by atoms with Crippen LogP contribution in [0.15, 0.2) is 77.9 Å². The molecule has 0 radical (unpaired) electrons. The van der Waals surface area contributed by atoms with Gasteiger partial charge in [-0.25, -0.2) is 10.2 Å². The molecule has 0 saturated carbocycles. The van der Waals surface area contributed by atoms with E-state index in [9.17, 15) is 9.59 Å². The van der Waals surface area contributed by atoms with E-state index in [1.165, 1.54) is 13.3 Å². The summed E-state index contributed by atoms with van der Waals surface area (Å²) in [6.45, 7) is 0.0695. The molecule has 3 aromatic rings. The third-order valence-corrected chi connectivity index (χ3v) is 4.43. The van der Waals surface area contributed by atoms with Gasteiger partial charge in [-0.1, -0.05) is 24.3 Å². The van der Waals surface area contributed by atoms with Gasteiger partial charge in [0, 0.05) is 5.56 Å². The lowest BCUT2D eigenvalue weighted by molar-refractivity contribution is -0.123. The average Bonchev–Trinajstić information content (AvgIpc) is 2.87. The smallest absolute Gasteiger partial charge is 0.337 e. The lowest BCUT2D eigenvalue weighted by atomic mass is 10.1. The van der Waals surface area contributed by atoms with Crippen molar-refractivity contribution >= 4 is 18.1 Å². The summed E-state index contributed by atoms with van der Waals surface area (Å²) in [5, 5.41) is 12.7. The van der Waals surface area contributed by atoms with Crippen molar-refractivity contribution in [2.45, 2.75) is 6.61 Å². The van der Waals surface area contributed by atoms with Gasteiger partial charge in [-0.3, -0.25) is 4.79 Å². The molecule has 1 N–H and O–H groups in total. The van der Waals surface area contributed by atoms with Gasteiger partial charge in [-0.15, -0.1) is 0 Å². The maximum atomic E-state index is 12.0. The summed E-state index contributed by atoms with van der Waals surface area (Å²) in [6, 6.07) is 22.6. The van der Waals surface area contributed by atoms with Crippen LogP contribution in [0.5, 0.6) is 11.5 Å². The molecule has 8 nitrogen and oxygen atoms in total. The van der Waals surface area contributed by atoms with Gasteiger partial charge in [0.2, 0.25) is 0 Å². The average molecular weight is 443 g/mol. The Morgan fingerprint density at radius 3 is 2.42 bits per heavy atom. The summed E-state index contributed by atoms with van der Waals surface area (Å²) >= 11 is 0. The minimum Gasteiger partial charge on any atom is -0.488 e. The lowest BCUT2D eigenvalue weighted by Crippen LogP contribution is -2.24. The molecule has 0 bridgehead atoms. The summed E-state index contributed by atoms with van der Waals surface area (Å²) in [4.78, 5) is 23.5. The van der Waals surface area contributed by atoms with E-state index in [0.717, 1.165) is 5.56 Å². The Balaban J connectivity index is 1.51. The number of carbonyl (C=O) groups excluding carboxylic acids is 2. The molecule has 1 amide bonds. The number of hydrazone groups is 1. The number of carbonyl (C=O) groups is 2. The van der Waals surface area contributed by atoms with Crippen LogP contribution in [0.3, 0.4) is 0 Å². The first kappa shape index (κ1) is 23.0. The summed E-state index contributed by atoms with van der Waals surface area (Å²) in [5.74, 6) is 0.237. The Kier molecular flexibility index (Phi) is 8.15. The van der Waals surface area contributed by atoms with E-state index in [2.05, 4.69) is 15.3 Å². The fourth-order valence-corrected chi connectivity index (χ4v) is 2.72. The molecular formula is C25H21N3O5. The molecule has 0 saturated heterocycles. The summed E-state index contributed by atoms with van der Waals surface area (Å²) in [5.41, 5.74) is 4.93. The number of nitriles is 1. The van der Waals surface area contributed by atoms with Crippen LogP contribution in [0.1, 0.15) is 27.0 Å². The Morgan fingerprint density at radius 2 is 1.73 bits per heavy atom. The van der Waals surface area contributed by atoms with Gasteiger partial charge >= 0.3 is 5.97 Å². The molecule has 166 valence electrons. The first-order valence-electron chi connectivity index (χ1n) is 9.93. The van der Waals surface area contributed by atoms with Gasteiger partial charge in [0.25, 0.3) is 5.91 Å². The number of nitrogens with zero attached hydrogens (tertiary/aromatic N) is 2. The zero-order valence-corrected chi connectivity index (χ0v) is 17.9. The van der Waals surface area contributed by atoms with E-state index >= 15 is 0 Å². The summed E-state index contributed by atoms with van der Waals surface area (Å²) in [6.07, 6.45) is 1.48. The first-order valence-corrected chi connectivity index (χ1v) is 9.93. The summed E-state index contributed by atoms with van der Waals surface area (Å²) in [7, 11) is 1.34. The number of hydrogen-bond acceptors (Lipinski definition) is 7. The fourth-order valence-electron chi connectivity index (χ4n) is 2.72. The summed E-state index contributed by atoms with van der Waals surface area (Å²) < 4.78 is 15.9. The lowest BCUT2D eigenvalue weighted by Gasteiger charge is -2.09. The number of esters is 1. The van der Waals surface area contributed by atoms with E-state index in [-0.39, 0.29) is 13.2 Å². The molecular weight excluding hydrogens is 422 g/mol. The van der Waals surface area contributed by atoms with Gasteiger partial charge < -0.3 is 14.2 Å². The van der Waals surface area contributed by atoms with Gasteiger partial charge in [-0.2, -0.15) is 10.4 Å². The van der Waals surface area contributed by atoms with Crippen LogP contribution in [0.2, 0.25) is 0 Å². The highest BCUT2D eigenvalue weighted by molar-refractivity contribution is 5.89. The topological polar surface area (TPSA) is 110 Å². The minimum absolute atomic E-state index is 0.219. The third kappa shape index (κ3) is 6.94. The third-order valence-electron chi connectivity index (χ3n) is 4.43. The molecule has 8 heteroatoms. The Morgan fingerprint density at radius 1 is 1.00 bits per heavy atom. The van der Waals surface area contributed by atoms with Gasteiger partial charge in [0.15, 0.2) is 6.61 Å². The number of amides is 1. The molecule has 0 aliphatic carbocycles. The van der Waals surface area contributed by atoms with E-state index in [1.54, 1.807) is 60.7 Å². The van der Waals surface area contributed by atoms with Crippen molar-refractivity contribution in [3.63, 3.8) is 0 Å². The van der Waals surface area contributed by atoms with Crippen molar-refractivity contribution in [1.82, 2.24) is 5.43 Å². The maximum absolute atomic E-state index is 12.0. The molecule has 0 aliphatic heterocycles. The molecule has 0 spiro atoms. The van der Waals surface area contributed by atoms with Crippen molar-refractivity contribution in [2.75, 3.05) is 13.7 Å². The largest absolute Gasteiger partial charge is 0.488 e. The van der Waals surface area contributed by atoms with Crippen LogP contribution >= 0.6 is 0 Å². The standard InChI is InChI=1S/C25H21N3O5/c1-31-25(30)20-10-6-19(7-11-20)16-33-23-5-3-2-4-21(23)15-27-28-24(29)17-32-22-12-8-18(14-26)9-13-22/h2-13,15H,16-17H2,1H3,(H,28,29)/b27-15+. The Labute approximate surface area is 191 Å². The van der Waals surface area contributed by atoms with Crippen LogP contribution in [0.4, 0.5) is 0 Å². The number of methoxy groups -OCH3 is 1. The second kappa shape index (κ2) is 11.7. The van der Waals surface area contributed by atoms with Crippen LogP contribution in [0.25, 0.3) is 0 Å². The van der Waals surface area contributed by atoms with E-state index in [1.807, 2.05) is 18.2 Å². The number of benzene rings is 3. The normalized spacial score (nSPS) is 10.3. The zero-order valence-electron chi connectivity index (χ0n) is 17.9. The zero-order chi connectivity index (χ0) is 23.5. The molecule has 3 aromatic carbocycles. The molecule has 0 unspecified atom stereocenters. The van der Waals surface area contributed by atoms with Gasteiger partial charge in [-0.05, 0) is 54.1 Å². The van der Waals surface area contributed by atoms with Crippen LogP contribution in [-0.4, -0.2) is 31.8 Å².